The quantitative estimate of drug-likeness (QED) is 0.891. The molecule has 2 rings (SSSR count). The van der Waals surface area contributed by atoms with Gasteiger partial charge in [-0.25, -0.2) is 4.79 Å². The lowest BCUT2D eigenvalue weighted by molar-refractivity contribution is 0.0696. The number of carboxylic acid groups (broad SMARTS) is 1. The summed E-state index contributed by atoms with van der Waals surface area (Å²) in [5.74, 6) is -0.281. The molecule has 4 heteroatoms. The predicted molar refractivity (Wildman–Crippen MR) is 70.6 cm³/mol. The molecule has 1 aromatic rings. The van der Waals surface area contributed by atoms with Crippen molar-refractivity contribution < 1.29 is 14.6 Å². The van der Waals surface area contributed by atoms with Crippen molar-refractivity contribution in [2.24, 2.45) is 0 Å². The molecule has 98 valence electrons. The van der Waals surface area contributed by atoms with Gasteiger partial charge in [-0.2, -0.15) is 0 Å². The number of nitrogens with zero attached hydrogens (tertiary/aromatic N) is 1. The van der Waals surface area contributed by atoms with Crippen molar-refractivity contribution in [1.82, 2.24) is 0 Å². The highest BCUT2D eigenvalue weighted by molar-refractivity contribution is 5.89. The van der Waals surface area contributed by atoms with Gasteiger partial charge in [-0.1, -0.05) is 0 Å². The molecule has 18 heavy (non-hydrogen) atoms. The van der Waals surface area contributed by atoms with Crippen LogP contribution in [0.5, 0.6) is 5.75 Å². The first kappa shape index (κ1) is 12.7. The van der Waals surface area contributed by atoms with E-state index < -0.39 is 5.97 Å². The van der Waals surface area contributed by atoms with E-state index in [4.69, 9.17) is 9.84 Å². The van der Waals surface area contributed by atoms with Crippen LogP contribution in [0.3, 0.4) is 0 Å². The fraction of sp³-hybridized carbons (Fsp3) is 0.500. The third-order valence-corrected chi connectivity index (χ3v) is 2.98. The lowest BCUT2D eigenvalue weighted by atomic mass is 10.1. The summed E-state index contributed by atoms with van der Waals surface area (Å²) in [6.45, 7) is 5.85. The minimum absolute atomic E-state index is 0.0421. The van der Waals surface area contributed by atoms with Crippen LogP contribution in [0.2, 0.25) is 0 Å². The lowest BCUT2D eigenvalue weighted by Gasteiger charge is -2.20. The molecule has 0 amide bonds. The summed E-state index contributed by atoms with van der Waals surface area (Å²) in [7, 11) is 0. The number of hydrogen-bond donors (Lipinski definition) is 1. The van der Waals surface area contributed by atoms with E-state index in [9.17, 15) is 4.79 Å². The second kappa shape index (κ2) is 5.29. The van der Waals surface area contributed by atoms with Gasteiger partial charge in [0, 0.05) is 24.8 Å². The average Bonchev–Trinajstić information content (AvgIpc) is 2.80. The van der Waals surface area contributed by atoms with Crippen LogP contribution >= 0.6 is 0 Å². The molecule has 1 saturated heterocycles. The van der Waals surface area contributed by atoms with E-state index in [2.05, 4.69) is 4.90 Å². The van der Waals surface area contributed by atoms with E-state index in [-0.39, 0.29) is 11.7 Å². The third-order valence-electron chi connectivity index (χ3n) is 2.98. The Hall–Kier alpha value is -1.71. The molecule has 1 aliphatic rings. The largest absolute Gasteiger partial charge is 0.491 e. The molecule has 0 spiro atoms. The van der Waals surface area contributed by atoms with Crippen molar-refractivity contribution in [2.75, 3.05) is 18.0 Å². The van der Waals surface area contributed by atoms with Gasteiger partial charge in [-0.15, -0.1) is 0 Å². The molecule has 0 saturated carbocycles. The Kier molecular flexibility index (Phi) is 3.75. The molecule has 0 unspecified atom stereocenters. The Balaban J connectivity index is 2.32. The first-order valence-corrected chi connectivity index (χ1v) is 6.36. The maximum absolute atomic E-state index is 11.1. The first-order valence-electron chi connectivity index (χ1n) is 6.36. The second-order valence-electron chi connectivity index (χ2n) is 4.88. The number of hydrogen-bond acceptors (Lipinski definition) is 3. The summed E-state index contributed by atoms with van der Waals surface area (Å²) in [4.78, 5) is 13.3. The molecular weight excluding hydrogens is 230 g/mol. The standard InChI is InChI=1S/C14H19NO3/c1-10(2)18-13-8-11(14(16)17)7-12(9-13)15-5-3-4-6-15/h7-10H,3-6H2,1-2H3,(H,16,17). The molecule has 0 bridgehead atoms. The van der Waals surface area contributed by atoms with Crippen LogP contribution in [0.25, 0.3) is 0 Å². The summed E-state index contributed by atoms with van der Waals surface area (Å²) < 4.78 is 5.62. The molecule has 1 aliphatic heterocycles. The van der Waals surface area contributed by atoms with Crippen molar-refractivity contribution in [2.45, 2.75) is 32.8 Å². The fourth-order valence-corrected chi connectivity index (χ4v) is 2.20. The molecule has 0 aromatic heterocycles. The summed E-state index contributed by atoms with van der Waals surface area (Å²) in [5.41, 5.74) is 1.23. The van der Waals surface area contributed by atoms with E-state index in [1.165, 1.54) is 0 Å². The molecule has 1 fully saturated rings. The second-order valence-corrected chi connectivity index (χ2v) is 4.88. The molecule has 0 radical (unpaired) electrons. The number of carboxylic acids is 1. The van der Waals surface area contributed by atoms with Crippen LogP contribution < -0.4 is 9.64 Å². The minimum Gasteiger partial charge on any atom is -0.491 e. The summed E-state index contributed by atoms with van der Waals surface area (Å²) in [6.07, 6.45) is 2.37. The highest BCUT2D eigenvalue weighted by atomic mass is 16.5. The fourth-order valence-electron chi connectivity index (χ4n) is 2.20. The molecule has 1 aromatic carbocycles. The minimum atomic E-state index is -0.912. The zero-order chi connectivity index (χ0) is 13.1. The lowest BCUT2D eigenvalue weighted by Crippen LogP contribution is -2.18. The van der Waals surface area contributed by atoms with E-state index >= 15 is 0 Å². The van der Waals surface area contributed by atoms with Gasteiger partial charge in [0.15, 0.2) is 0 Å². The Morgan fingerprint density at radius 3 is 2.50 bits per heavy atom. The van der Waals surface area contributed by atoms with Gasteiger partial charge in [0.05, 0.1) is 11.7 Å². The first-order chi connectivity index (χ1) is 8.56. The Labute approximate surface area is 107 Å². The summed E-state index contributed by atoms with van der Waals surface area (Å²) >= 11 is 0. The highest BCUT2D eigenvalue weighted by Crippen LogP contribution is 2.27. The van der Waals surface area contributed by atoms with Gasteiger partial charge in [-0.3, -0.25) is 0 Å². The summed E-state index contributed by atoms with van der Waals surface area (Å²) in [6, 6.07) is 5.24. The van der Waals surface area contributed by atoms with Crippen LogP contribution in [-0.4, -0.2) is 30.3 Å². The SMILES string of the molecule is CC(C)Oc1cc(C(=O)O)cc(N2CCCC2)c1. The molecule has 1 heterocycles. The van der Waals surface area contributed by atoms with E-state index in [1.807, 2.05) is 19.9 Å². The van der Waals surface area contributed by atoms with Gasteiger partial charge in [0.1, 0.15) is 5.75 Å². The van der Waals surface area contributed by atoms with Crippen molar-refractivity contribution in [3.05, 3.63) is 23.8 Å². The number of aromatic carboxylic acids is 1. The van der Waals surface area contributed by atoms with Crippen molar-refractivity contribution in [3.63, 3.8) is 0 Å². The number of ether oxygens (including phenoxy) is 1. The number of carbonyl (C=O) groups is 1. The van der Waals surface area contributed by atoms with Crippen LogP contribution in [0.15, 0.2) is 18.2 Å². The number of benzene rings is 1. The van der Waals surface area contributed by atoms with Crippen LogP contribution in [0.4, 0.5) is 5.69 Å². The van der Waals surface area contributed by atoms with E-state index in [1.54, 1.807) is 12.1 Å². The monoisotopic (exact) mass is 249 g/mol. The van der Waals surface area contributed by atoms with Crippen molar-refractivity contribution in [1.29, 1.82) is 0 Å². The molecule has 0 aliphatic carbocycles. The normalized spacial score (nSPS) is 15.2. The van der Waals surface area contributed by atoms with Crippen molar-refractivity contribution in [3.8, 4) is 5.75 Å². The smallest absolute Gasteiger partial charge is 0.335 e. The van der Waals surface area contributed by atoms with Crippen LogP contribution in [0, 0.1) is 0 Å². The Morgan fingerprint density at radius 1 is 1.28 bits per heavy atom. The van der Waals surface area contributed by atoms with Crippen molar-refractivity contribution >= 4 is 11.7 Å². The maximum Gasteiger partial charge on any atom is 0.335 e. The zero-order valence-electron chi connectivity index (χ0n) is 10.8. The van der Waals surface area contributed by atoms with E-state index in [0.717, 1.165) is 31.6 Å². The molecule has 4 nitrogen and oxygen atoms in total. The van der Waals surface area contributed by atoms with Gasteiger partial charge in [-0.05, 0) is 38.8 Å². The van der Waals surface area contributed by atoms with E-state index in [0.29, 0.717) is 5.75 Å². The molecule has 1 N–H and O–H groups in total. The Morgan fingerprint density at radius 2 is 1.94 bits per heavy atom. The summed E-state index contributed by atoms with van der Waals surface area (Å²) in [5, 5.41) is 9.14. The average molecular weight is 249 g/mol. The Bertz CT molecular complexity index is 437. The predicted octanol–water partition coefficient (Wildman–Crippen LogP) is 2.77. The zero-order valence-corrected chi connectivity index (χ0v) is 10.8. The van der Waals surface area contributed by atoms with Gasteiger partial charge in [0.25, 0.3) is 0 Å². The number of rotatable bonds is 4. The molecular formula is C14H19NO3. The van der Waals surface area contributed by atoms with Crippen LogP contribution in [0.1, 0.15) is 37.0 Å². The van der Waals surface area contributed by atoms with Gasteiger partial charge >= 0.3 is 5.97 Å². The maximum atomic E-state index is 11.1. The van der Waals surface area contributed by atoms with Crippen LogP contribution in [-0.2, 0) is 0 Å². The molecule has 0 atom stereocenters. The van der Waals surface area contributed by atoms with Gasteiger partial charge < -0.3 is 14.7 Å². The number of anilines is 1. The highest BCUT2D eigenvalue weighted by Gasteiger charge is 2.16. The third kappa shape index (κ3) is 2.94. The topological polar surface area (TPSA) is 49.8 Å². The van der Waals surface area contributed by atoms with Gasteiger partial charge in [0.2, 0.25) is 0 Å².